The van der Waals surface area contributed by atoms with Crippen molar-refractivity contribution in [2.75, 3.05) is 20.2 Å². The molecule has 0 unspecified atom stereocenters. The quantitative estimate of drug-likeness (QED) is 0.371. The van der Waals surface area contributed by atoms with E-state index in [1.807, 2.05) is 19.9 Å². The fourth-order valence-electron chi connectivity index (χ4n) is 0.523. The van der Waals surface area contributed by atoms with E-state index in [-0.39, 0.29) is 12.5 Å². The van der Waals surface area contributed by atoms with Crippen LogP contribution in [0.5, 0.6) is 0 Å². The SMILES string of the molecule is COC(=O)CNCC=C(C)C. The molecule has 0 spiro atoms. The van der Waals surface area contributed by atoms with Crippen LogP contribution in [-0.4, -0.2) is 26.2 Å². The molecule has 0 atom stereocenters. The van der Waals surface area contributed by atoms with Gasteiger partial charge < -0.3 is 10.1 Å². The van der Waals surface area contributed by atoms with E-state index in [0.29, 0.717) is 0 Å². The minimum absolute atomic E-state index is 0.229. The summed E-state index contributed by atoms with van der Waals surface area (Å²) in [4.78, 5) is 10.6. The van der Waals surface area contributed by atoms with E-state index in [0.717, 1.165) is 6.54 Å². The molecule has 0 aromatic heterocycles. The molecule has 1 N–H and O–H groups in total. The minimum Gasteiger partial charge on any atom is -0.468 e. The number of methoxy groups -OCH3 is 1. The fraction of sp³-hybridized carbons (Fsp3) is 0.625. The summed E-state index contributed by atoms with van der Waals surface area (Å²) in [6, 6.07) is 0. The summed E-state index contributed by atoms with van der Waals surface area (Å²) < 4.78 is 4.44. The zero-order chi connectivity index (χ0) is 8.69. The maximum Gasteiger partial charge on any atom is 0.319 e. The summed E-state index contributed by atoms with van der Waals surface area (Å²) >= 11 is 0. The highest BCUT2D eigenvalue weighted by atomic mass is 16.5. The van der Waals surface area contributed by atoms with Gasteiger partial charge in [0.2, 0.25) is 0 Å². The van der Waals surface area contributed by atoms with Crippen LogP contribution in [0.15, 0.2) is 11.6 Å². The first-order valence-corrected chi connectivity index (χ1v) is 3.57. The van der Waals surface area contributed by atoms with Gasteiger partial charge in [0, 0.05) is 6.54 Å². The standard InChI is InChI=1S/C8H15NO2/c1-7(2)4-5-9-6-8(10)11-3/h4,9H,5-6H2,1-3H3. The zero-order valence-corrected chi connectivity index (χ0v) is 7.31. The number of esters is 1. The zero-order valence-electron chi connectivity index (χ0n) is 7.31. The Morgan fingerprint density at radius 1 is 1.55 bits per heavy atom. The predicted octanol–water partition coefficient (Wildman–Crippen LogP) is 0.715. The number of ether oxygens (including phenoxy) is 1. The number of nitrogens with one attached hydrogen (secondary N) is 1. The second-order valence-corrected chi connectivity index (χ2v) is 2.49. The van der Waals surface area contributed by atoms with Crippen molar-refractivity contribution >= 4 is 5.97 Å². The Kier molecular flexibility index (Phi) is 5.47. The van der Waals surface area contributed by atoms with Gasteiger partial charge in [-0.2, -0.15) is 0 Å². The van der Waals surface area contributed by atoms with Gasteiger partial charge in [-0.1, -0.05) is 11.6 Å². The smallest absolute Gasteiger partial charge is 0.319 e. The van der Waals surface area contributed by atoms with Crippen LogP contribution in [0.25, 0.3) is 0 Å². The van der Waals surface area contributed by atoms with Gasteiger partial charge in [0.1, 0.15) is 0 Å². The molecule has 0 aromatic carbocycles. The highest BCUT2D eigenvalue weighted by Gasteiger charge is 1.95. The van der Waals surface area contributed by atoms with E-state index in [2.05, 4.69) is 10.1 Å². The normalized spacial score (nSPS) is 9.00. The summed E-state index contributed by atoms with van der Waals surface area (Å²) in [6.07, 6.45) is 2.02. The van der Waals surface area contributed by atoms with Crippen molar-refractivity contribution in [3.63, 3.8) is 0 Å². The predicted molar refractivity (Wildman–Crippen MR) is 44.3 cm³/mol. The van der Waals surface area contributed by atoms with Gasteiger partial charge in [-0.3, -0.25) is 4.79 Å². The van der Waals surface area contributed by atoms with Gasteiger partial charge in [-0.15, -0.1) is 0 Å². The van der Waals surface area contributed by atoms with Crippen molar-refractivity contribution in [1.29, 1.82) is 0 Å². The van der Waals surface area contributed by atoms with Crippen molar-refractivity contribution in [2.24, 2.45) is 0 Å². The van der Waals surface area contributed by atoms with Gasteiger partial charge in [0.25, 0.3) is 0 Å². The first kappa shape index (κ1) is 10.2. The van der Waals surface area contributed by atoms with E-state index in [1.54, 1.807) is 0 Å². The van der Waals surface area contributed by atoms with Crippen LogP contribution in [0, 0.1) is 0 Å². The summed E-state index contributed by atoms with van der Waals surface area (Å²) in [5, 5.41) is 2.92. The number of hydrogen-bond donors (Lipinski definition) is 1. The average molecular weight is 157 g/mol. The molecule has 0 aromatic rings. The number of rotatable bonds is 4. The van der Waals surface area contributed by atoms with E-state index >= 15 is 0 Å². The molecule has 0 rings (SSSR count). The molecule has 0 saturated carbocycles. The van der Waals surface area contributed by atoms with E-state index < -0.39 is 0 Å². The maximum absolute atomic E-state index is 10.6. The van der Waals surface area contributed by atoms with E-state index in [4.69, 9.17) is 0 Å². The van der Waals surface area contributed by atoms with Crippen molar-refractivity contribution < 1.29 is 9.53 Å². The molecule has 0 amide bonds. The third-order valence-corrected chi connectivity index (χ3v) is 1.15. The lowest BCUT2D eigenvalue weighted by Gasteiger charge is -1.98. The highest BCUT2D eigenvalue weighted by Crippen LogP contribution is 1.84. The van der Waals surface area contributed by atoms with E-state index in [1.165, 1.54) is 12.7 Å². The van der Waals surface area contributed by atoms with Crippen molar-refractivity contribution in [3.8, 4) is 0 Å². The summed E-state index contributed by atoms with van der Waals surface area (Å²) in [6.45, 7) is 5.03. The Bertz CT molecular complexity index is 148. The van der Waals surface area contributed by atoms with Gasteiger partial charge in [0.15, 0.2) is 0 Å². The average Bonchev–Trinajstić information content (AvgIpc) is 1.97. The summed E-state index contributed by atoms with van der Waals surface area (Å²) in [5.41, 5.74) is 1.24. The van der Waals surface area contributed by atoms with Crippen molar-refractivity contribution in [1.82, 2.24) is 5.32 Å². The lowest BCUT2D eigenvalue weighted by atomic mass is 10.3. The minimum atomic E-state index is -0.229. The molecule has 0 aliphatic carbocycles. The van der Waals surface area contributed by atoms with Gasteiger partial charge in [-0.25, -0.2) is 0 Å². The molecule has 11 heavy (non-hydrogen) atoms. The first-order chi connectivity index (χ1) is 5.16. The van der Waals surface area contributed by atoms with Gasteiger partial charge >= 0.3 is 5.97 Å². The van der Waals surface area contributed by atoms with Crippen LogP contribution in [0.4, 0.5) is 0 Å². The Morgan fingerprint density at radius 3 is 2.64 bits per heavy atom. The third-order valence-electron chi connectivity index (χ3n) is 1.15. The summed E-state index contributed by atoms with van der Waals surface area (Å²) in [7, 11) is 1.38. The summed E-state index contributed by atoms with van der Waals surface area (Å²) in [5.74, 6) is -0.229. The molecule has 0 radical (unpaired) electrons. The second kappa shape index (κ2) is 5.92. The fourth-order valence-corrected chi connectivity index (χ4v) is 0.523. The Labute approximate surface area is 67.4 Å². The Balaban J connectivity index is 3.28. The van der Waals surface area contributed by atoms with Crippen molar-refractivity contribution in [2.45, 2.75) is 13.8 Å². The van der Waals surface area contributed by atoms with Crippen molar-refractivity contribution in [3.05, 3.63) is 11.6 Å². The van der Waals surface area contributed by atoms with Gasteiger partial charge in [0.05, 0.1) is 13.7 Å². The van der Waals surface area contributed by atoms with Crippen LogP contribution in [0.1, 0.15) is 13.8 Å². The Hall–Kier alpha value is -0.830. The van der Waals surface area contributed by atoms with Crippen LogP contribution in [0.2, 0.25) is 0 Å². The molecule has 0 bridgehead atoms. The third kappa shape index (κ3) is 7.06. The van der Waals surface area contributed by atoms with Crippen LogP contribution in [0.3, 0.4) is 0 Å². The van der Waals surface area contributed by atoms with Crippen LogP contribution >= 0.6 is 0 Å². The molecular formula is C8H15NO2. The first-order valence-electron chi connectivity index (χ1n) is 3.57. The molecule has 0 aliphatic rings. The molecule has 0 saturated heterocycles. The lowest BCUT2D eigenvalue weighted by molar-refractivity contribution is -0.139. The molecule has 3 nitrogen and oxygen atoms in total. The molecule has 0 aliphatic heterocycles. The molecular weight excluding hydrogens is 142 g/mol. The maximum atomic E-state index is 10.6. The number of carbonyl (C=O) groups is 1. The molecule has 0 fully saturated rings. The largest absolute Gasteiger partial charge is 0.468 e. The van der Waals surface area contributed by atoms with Crippen LogP contribution < -0.4 is 5.32 Å². The molecule has 0 heterocycles. The molecule has 3 heteroatoms. The monoisotopic (exact) mass is 157 g/mol. The number of allylic oxidation sites excluding steroid dienone is 1. The topological polar surface area (TPSA) is 38.3 Å². The number of hydrogen-bond acceptors (Lipinski definition) is 3. The van der Waals surface area contributed by atoms with E-state index in [9.17, 15) is 4.79 Å². The second-order valence-electron chi connectivity index (χ2n) is 2.49. The highest BCUT2D eigenvalue weighted by molar-refractivity contribution is 5.71. The lowest BCUT2D eigenvalue weighted by Crippen LogP contribution is -2.23. The number of carbonyl (C=O) groups excluding carboxylic acids is 1. The molecule has 64 valence electrons. The Morgan fingerprint density at radius 2 is 2.18 bits per heavy atom. The van der Waals surface area contributed by atoms with Gasteiger partial charge in [-0.05, 0) is 13.8 Å². The van der Waals surface area contributed by atoms with Crippen LogP contribution in [-0.2, 0) is 9.53 Å².